The first-order chi connectivity index (χ1) is 9.30. The van der Waals surface area contributed by atoms with Crippen molar-refractivity contribution in [2.45, 2.75) is 40.2 Å². The van der Waals surface area contributed by atoms with Gasteiger partial charge in [0.2, 0.25) is 0 Å². The Labute approximate surface area is 116 Å². The summed E-state index contributed by atoms with van der Waals surface area (Å²) in [5.74, 6) is 1.60. The van der Waals surface area contributed by atoms with Gasteiger partial charge in [-0.15, -0.1) is 0 Å². The highest BCUT2D eigenvalue weighted by atomic mass is 15.2. The molecule has 0 aliphatic carbocycles. The van der Waals surface area contributed by atoms with Crippen LogP contribution in [0.5, 0.6) is 0 Å². The Morgan fingerprint density at radius 3 is 2.63 bits per heavy atom. The highest BCUT2D eigenvalue weighted by molar-refractivity contribution is 5.79. The molecule has 1 aromatic heterocycles. The second-order valence-corrected chi connectivity index (χ2v) is 4.63. The molecule has 0 unspecified atom stereocenters. The Morgan fingerprint density at radius 2 is 2.05 bits per heavy atom. The topological polar surface area (TPSA) is 54.2 Å². The van der Waals surface area contributed by atoms with Gasteiger partial charge >= 0.3 is 0 Å². The maximum atomic E-state index is 4.64. The molecule has 0 aliphatic heterocycles. The van der Waals surface area contributed by atoms with Crippen LogP contribution >= 0.6 is 0 Å². The molecule has 5 heteroatoms. The van der Waals surface area contributed by atoms with Crippen molar-refractivity contribution < 1.29 is 0 Å². The lowest BCUT2D eigenvalue weighted by Gasteiger charge is -2.14. The molecule has 0 aliphatic rings. The molecular formula is C14H27N5. The molecule has 0 saturated carbocycles. The second kappa shape index (κ2) is 9.42. The van der Waals surface area contributed by atoms with E-state index in [0.29, 0.717) is 5.92 Å². The van der Waals surface area contributed by atoms with E-state index in [0.717, 1.165) is 32.1 Å². The van der Waals surface area contributed by atoms with Crippen LogP contribution in [0.25, 0.3) is 0 Å². The summed E-state index contributed by atoms with van der Waals surface area (Å²) in [6, 6.07) is 0. The summed E-state index contributed by atoms with van der Waals surface area (Å²) in [6.45, 7) is 10.1. The van der Waals surface area contributed by atoms with Crippen molar-refractivity contribution in [1.82, 2.24) is 20.2 Å². The summed E-state index contributed by atoms with van der Waals surface area (Å²) < 4.78 is 2.05. The van der Waals surface area contributed by atoms with Crippen LogP contribution in [0.1, 0.15) is 33.6 Å². The molecule has 0 amide bonds. The van der Waals surface area contributed by atoms with E-state index in [2.05, 4.69) is 45.9 Å². The first kappa shape index (κ1) is 15.5. The van der Waals surface area contributed by atoms with E-state index in [4.69, 9.17) is 0 Å². The van der Waals surface area contributed by atoms with Crippen LogP contribution in [-0.4, -0.2) is 35.1 Å². The number of aliphatic imine (C=N–C) groups is 1. The number of hydrogen-bond donors (Lipinski definition) is 2. The van der Waals surface area contributed by atoms with Gasteiger partial charge in [0.15, 0.2) is 5.96 Å². The van der Waals surface area contributed by atoms with Crippen molar-refractivity contribution >= 4 is 5.96 Å². The van der Waals surface area contributed by atoms with Gasteiger partial charge < -0.3 is 15.2 Å². The lowest BCUT2D eigenvalue weighted by Crippen LogP contribution is -2.39. The highest BCUT2D eigenvalue weighted by Crippen LogP contribution is 2.06. The average molecular weight is 265 g/mol. The van der Waals surface area contributed by atoms with Gasteiger partial charge in [0.05, 0.1) is 6.33 Å². The van der Waals surface area contributed by atoms with Gasteiger partial charge in [0.1, 0.15) is 0 Å². The molecule has 0 saturated heterocycles. The van der Waals surface area contributed by atoms with E-state index < -0.39 is 0 Å². The molecule has 0 aromatic carbocycles. The molecule has 1 rings (SSSR count). The number of nitrogens with zero attached hydrogens (tertiary/aromatic N) is 3. The Hall–Kier alpha value is -1.52. The molecule has 0 radical (unpaired) electrons. The van der Waals surface area contributed by atoms with Gasteiger partial charge in [0.25, 0.3) is 0 Å². The first-order valence-corrected chi connectivity index (χ1v) is 7.28. The van der Waals surface area contributed by atoms with Crippen molar-refractivity contribution in [2.24, 2.45) is 10.9 Å². The number of aromatic nitrogens is 2. The number of nitrogens with one attached hydrogen (secondary N) is 2. The molecule has 1 aromatic rings. The molecule has 19 heavy (non-hydrogen) atoms. The quantitative estimate of drug-likeness (QED) is 0.557. The minimum Gasteiger partial charge on any atom is -0.357 e. The lowest BCUT2D eigenvalue weighted by molar-refractivity contribution is 0.503. The minimum atomic E-state index is 0.684. The maximum absolute atomic E-state index is 4.64. The largest absolute Gasteiger partial charge is 0.357 e. The molecule has 0 spiro atoms. The van der Waals surface area contributed by atoms with Crippen molar-refractivity contribution in [2.75, 3.05) is 19.6 Å². The molecule has 0 bridgehead atoms. The third kappa shape index (κ3) is 6.27. The zero-order valence-corrected chi connectivity index (χ0v) is 12.4. The van der Waals surface area contributed by atoms with Crippen LogP contribution in [0.4, 0.5) is 0 Å². The summed E-state index contributed by atoms with van der Waals surface area (Å²) >= 11 is 0. The first-order valence-electron chi connectivity index (χ1n) is 7.28. The van der Waals surface area contributed by atoms with Crippen molar-refractivity contribution in [3.63, 3.8) is 0 Å². The Bertz CT molecular complexity index is 341. The van der Waals surface area contributed by atoms with Crippen LogP contribution < -0.4 is 10.6 Å². The molecule has 0 atom stereocenters. The van der Waals surface area contributed by atoms with Crippen LogP contribution in [0.2, 0.25) is 0 Å². The van der Waals surface area contributed by atoms with E-state index in [9.17, 15) is 0 Å². The predicted molar refractivity (Wildman–Crippen MR) is 80.3 cm³/mol. The summed E-state index contributed by atoms with van der Waals surface area (Å²) in [4.78, 5) is 8.67. The fourth-order valence-corrected chi connectivity index (χ4v) is 1.83. The van der Waals surface area contributed by atoms with Crippen LogP contribution in [0, 0.1) is 5.92 Å². The summed E-state index contributed by atoms with van der Waals surface area (Å²) in [5, 5.41) is 6.63. The standard InChI is InChI=1S/C14H27N5/c1-4-13(5-2)11-18-14(16-6-3)17-8-10-19-9-7-15-12-19/h7,9,12-13H,4-6,8,10-11H2,1-3H3,(H2,16,17,18). The highest BCUT2D eigenvalue weighted by Gasteiger charge is 2.03. The van der Waals surface area contributed by atoms with Crippen molar-refractivity contribution in [3.8, 4) is 0 Å². The van der Waals surface area contributed by atoms with Crippen LogP contribution in [-0.2, 0) is 6.54 Å². The molecule has 1 heterocycles. The smallest absolute Gasteiger partial charge is 0.191 e. The van der Waals surface area contributed by atoms with E-state index in [1.165, 1.54) is 12.8 Å². The van der Waals surface area contributed by atoms with Crippen LogP contribution in [0.3, 0.4) is 0 Å². The molecule has 5 nitrogen and oxygen atoms in total. The molecule has 0 fully saturated rings. The fourth-order valence-electron chi connectivity index (χ4n) is 1.83. The Balaban J connectivity index is 2.36. The minimum absolute atomic E-state index is 0.684. The molecule has 2 N–H and O–H groups in total. The molecule has 108 valence electrons. The maximum Gasteiger partial charge on any atom is 0.191 e. The van der Waals surface area contributed by atoms with Crippen molar-refractivity contribution in [3.05, 3.63) is 18.7 Å². The normalized spacial score (nSPS) is 11.9. The van der Waals surface area contributed by atoms with E-state index in [1.807, 2.05) is 12.5 Å². The monoisotopic (exact) mass is 265 g/mol. The summed E-state index contributed by atoms with van der Waals surface area (Å²) in [7, 11) is 0. The number of imidazole rings is 1. The third-order valence-corrected chi connectivity index (χ3v) is 3.23. The predicted octanol–water partition coefficient (Wildman–Crippen LogP) is 1.87. The Kier molecular flexibility index (Phi) is 7.70. The Morgan fingerprint density at radius 1 is 1.26 bits per heavy atom. The lowest BCUT2D eigenvalue weighted by atomic mass is 10.0. The number of rotatable bonds is 8. The SMILES string of the molecule is CCNC(=NCC(CC)CC)NCCn1ccnc1. The third-order valence-electron chi connectivity index (χ3n) is 3.23. The molecular weight excluding hydrogens is 238 g/mol. The van der Waals surface area contributed by atoms with E-state index in [-0.39, 0.29) is 0 Å². The van der Waals surface area contributed by atoms with Gasteiger partial charge in [0, 0.05) is 38.6 Å². The van der Waals surface area contributed by atoms with Crippen molar-refractivity contribution in [1.29, 1.82) is 0 Å². The van der Waals surface area contributed by atoms with Crippen LogP contribution in [0.15, 0.2) is 23.7 Å². The van der Waals surface area contributed by atoms with Gasteiger partial charge in [-0.05, 0) is 12.8 Å². The number of guanidine groups is 1. The van der Waals surface area contributed by atoms with Gasteiger partial charge in [-0.2, -0.15) is 0 Å². The second-order valence-electron chi connectivity index (χ2n) is 4.63. The van der Waals surface area contributed by atoms with E-state index in [1.54, 1.807) is 6.20 Å². The number of hydrogen-bond acceptors (Lipinski definition) is 2. The zero-order valence-electron chi connectivity index (χ0n) is 12.4. The van der Waals surface area contributed by atoms with E-state index >= 15 is 0 Å². The zero-order chi connectivity index (χ0) is 13.9. The summed E-state index contributed by atoms with van der Waals surface area (Å²) in [6.07, 6.45) is 7.97. The van der Waals surface area contributed by atoms with Gasteiger partial charge in [-0.1, -0.05) is 26.7 Å². The summed E-state index contributed by atoms with van der Waals surface area (Å²) in [5.41, 5.74) is 0. The average Bonchev–Trinajstić information content (AvgIpc) is 2.93. The van der Waals surface area contributed by atoms with Gasteiger partial charge in [-0.3, -0.25) is 4.99 Å². The fraction of sp³-hybridized carbons (Fsp3) is 0.714. The van der Waals surface area contributed by atoms with Gasteiger partial charge in [-0.25, -0.2) is 4.98 Å².